The normalized spacial score (nSPS) is 24.8. The fraction of sp³-hybridized carbons (Fsp3) is 0.769. The molecule has 1 fully saturated rings. The number of amides is 1. The summed E-state index contributed by atoms with van der Waals surface area (Å²) in [5, 5.41) is 9.86. The van der Waals surface area contributed by atoms with E-state index >= 15 is 0 Å². The van der Waals surface area contributed by atoms with E-state index in [1.165, 1.54) is 11.0 Å². The molecule has 5 heteroatoms. The molecule has 1 saturated heterocycles. The van der Waals surface area contributed by atoms with Gasteiger partial charge in [0.1, 0.15) is 11.3 Å². The minimum Gasteiger partial charge on any atom is -0.444 e. The van der Waals surface area contributed by atoms with Crippen molar-refractivity contribution in [3.05, 3.63) is 12.7 Å². The molecule has 1 N–H and O–H groups in total. The lowest BCUT2D eigenvalue weighted by Crippen LogP contribution is -2.52. The predicted molar refractivity (Wildman–Crippen MR) is 68.1 cm³/mol. The Bertz CT molecular complexity index is 332. The molecular weight excluding hydrogens is 234 g/mol. The number of hydrogen-bond acceptors (Lipinski definition) is 4. The van der Waals surface area contributed by atoms with E-state index in [2.05, 4.69) is 6.58 Å². The van der Waals surface area contributed by atoms with Gasteiger partial charge in [-0.25, -0.2) is 4.79 Å². The largest absolute Gasteiger partial charge is 0.444 e. The second-order valence-corrected chi connectivity index (χ2v) is 5.90. The van der Waals surface area contributed by atoms with Crippen molar-refractivity contribution >= 4 is 6.09 Å². The molecule has 0 saturated carbocycles. The van der Waals surface area contributed by atoms with Crippen LogP contribution >= 0.6 is 0 Å². The van der Waals surface area contributed by atoms with Crippen LogP contribution in [-0.4, -0.2) is 46.2 Å². The molecule has 0 aliphatic carbocycles. The zero-order valence-electron chi connectivity index (χ0n) is 11.8. The highest BCUT2D eigenvalue weighted by Gasteiger charge is 2.47. The Morgan fingerprint density at radius 1 is 1.61 bits per heavy atom. The highest BCUT2D eigenvalue weighted by molar-refractivity contribution is 5.70. The number of carbonyl (C=O) groups is 1. The summed E-state index contributed by atoms with van der Waals surface area (Å²) < 4.78 is 10.9. The van der Waals surface area contributed by atoms with Gasteiger partial charge in [0, 0.05) is 0 Å². The Hall–Kier alpha value is -1.07. The van der Waals surface area contributed by atoms with Gasteiger partial charge < -0.3 is 14.6 Å². The third-order valence-electron chi connectivity index (χ3n) is 2.75. The summed E-state index contributed by atoms with van der Waals surface area (Å²) >= 11 is 0. The zero-order valence-corrected chi connectivity index (χ0v) is 11.8. The summed E-state index contributed by atoms with van der Waals surface area (Å²) in [6, 6.07) is -0.465. The predicted octanol–water partition coefficient (Wildman–Crippen LogP) is 1.91. The van der Waals surface area contributed by atoms with Gasteiger partial charge in [0.2, 0.25) is 0 Å². The molecule has 1 aliphatic rings. The van der Waals surface area contributed by atoms with Crippen molar-refractivity contribution in [1.82, 2.24) is 4.90 Å². The first-order valence-electron chi connectivity index (χ1n) is 6.05. The summed E-state index contributed by atoms with van der Waals surface area (Å²) in [5.74, 6) is 0. The second kappa shape index (κ2) is 4.90. The molecular formula is C13H23NO4. The van der Waals surface area contributed by atoms with Crippen LogP contribution in [0, 0.1) is 0 Å². The van der Waals surface area contributed by atoms with E-state index in [1.54, 1.807) is 34.6 Å². The van der Waals surface area contributed by atoms with Crippen LogP contribution in [0.1, 0.15) is 34.6 Å². The van der Waals surface area contributed by atoms with Gasteiger partial charge >= 0.3 is 6.09 Å². The van der Waals surface area contributed by atoms with E-state index in [4.69, 9.17) is 9.47 Å². The van der Waals surface area contributed by atoms with Crippen molar-refractivity contribution in [3.8, 4) is 0 Å². The van der Waals surface area contributed by atoms with Crippen molar-refractivity contribution in [2.45, 2.75) is 58.1 Å². The fourth-order valence-corrected chi connectivity index (χ4v) is 1.91. The molecule has 0 bridgehead atoms. The minimum atomic E-state index is -0.834. The first-order valence-corrected chi connectivity index (χ1v) is 6.05. The van der Waals surface area contributed by atoms with Crippen LogP contribution in [0.4, 0.5) is 4.79 Å². The maximum Gasteiger partial charge on any atom is 0.413 e. The Morgan fingerprint density at radius 3 is 2.61 bits per heavy atom. The highest BCUT2D eigenvalue weighted by Crippen LogP contribution is 2.31. The maximum atomic E-state index is 12.2. The molecule has 0 aromatic rings. The van der Waals surface area contributed by atoms with E-state index < -0.39 is 29.6 Å². The summed E-state index contributed by atoms with van der Waals surface area (Å²) in [6.07, 6.45) is 0.0717. The number of carbonyl (C=O) groups excluding carboxylic acids is 1. The van der Waals surface area contributed by atoms with Gasteiger partial charge in [0.25, 0.3) is 0 Å². The number of nitrogens with zero attached hydrogens (tertiary/aromatic N) is 1. The molecule has 1 aliphatic heterocycles. The summed E-state index contributed by atoms with van der Waals surface area (Å²) in [4.78, 5) is 13.6. The van der Waals surface area contributed by atoms with E-state index in [1.807, 2.05) is 0 Å². The van der Waals surface area contributed by atoms with Crippen molar-refractivity contribution in [2.75, 3.05) is 6.61 Å². The van der Waals surface area contributed by atoms with Gasteiger partial charge in [0.15, 0.2) is 0 Å². The average Bonchev–Trinajstić information content (AvgIpc) is 2.50. The minimum absolute atomic E-state index is 0.263. The third-order valence-corrected chi connectivity index (χ3v) is 2.75. The van der Waals surface area contributed by atoms with Crippen LogP contribution in [0.5, 0.6) is 0 Å². The molecule has 0 radical (unpaired) electrons. The number of ether oxygens (including phenoxy) is 2. The fourth-order valence-electron chi connectivity index (χ4n) is 1.91. The van der Waals surface area contributed by atoms with Gasteiger partial charge in [-0.2, -0.15) is 0 Å². The molecule has 0 spiro atoms. The summed E-state index contributed by atoms with van der Waals surface area (Å²) in [7, 11) is 0. The molecule has 0 unspecified atom stereocenters. The van der Waals surface area contributed by atoms with E-state index in [9.17, 15) is 9.90 Å². The number of aliphatic hydroxyl groups excluding tert-OH is 1. The molecule has 104 valence electrons. The maximum absolute atomic E-state index is 12.2. The van der Waals surface area contributed by atoms with Gasteiger partial charge in [-0.15, -0.1) is 6.58 Å². The standard InChI is InChI=1S/C13H23NO4/c1-7-10(15)9-8-17-13(5,6)14(9)11(16)18-12(2,3)4/h7,9-10,15H,1,8H2,2-6H3/t9-,10+/m1/s1. The SMILES string of the molecule is C=C[C@H](O)[C@H]1COC(C)(C)N1C(=O)OC(C)(C)C. The summed E-state index contributed by atoms with van der Waals surface area (Å²) in [5.41, 5.74) is -1.38. The first kappa shape index (κ1) is 15.0. The van der Waals surface area contributed by atoms with Gasteiger partial charge in [-0.3, -0.25) is 4.90 Å². The second-order valence-electron chi connectivity index (χ2n) is 5.90. The van der Waals surface area contributed by atoms with Crippen LogP contribution < -0.4 is 0 Å². The third kappa shape index (κ3) is 3.23. The first-order chi connectivity index (χ1) is 8.08. The molecule has 18 heavy (non-hydrogen) atoms. The van der Waals surface area contributed by atoms with Gasteiger partial charge in [-0.05, 0) is 34.6 Å². The van der Waals surface area contributed by atoms with Crippen LogP contribution in [0.25, 0.3) is 0 Å². The molecule has 1 amide bonds. The van der Waals surface area contributed by atoms with Crippen molar-refractivity contribution in [3.63, 3.8) is 0 Å². The molecule has 1 rings (SSSR count). The van der Waals surface area contributed by atoms with Gasteiger partial charge in [-0.1, -0.05) is 6.08 Å². The molecule has 1 heterocycles. The van der Waals surface area contributed by atoms with Gasteiger partial charge in [0.05, 0.1) is 18.8 Å². The average molecular weight is 257 g/mol. The lowest BCUT2D eigenvalue weighted by molar-refractivity contribution is -0.0660. The van der Waals surface area contributed by atoms with Crippen LogP contribution in [0.2, 0.25) is 0 Å². The van der Waals surface area contributed by atoms with Crippen molar-refractivity contribution in [2.24, 2.45) is 0 Å². The Balaban J connectivity index is 2.92. The van der Waals surface area contributed by atoms with Crippen LogP contribution in [0.15, 0.2) is 12.7 Å². The quantitative estimate of drug-likeness (QED) is 0.768. The van der Waals surface area contributed by atoms with Crippen LogP contribution in [0.3, 0.4) is 0 Å². The lowest BCUT2D eigenvalue weighted by atomic mass is 10.1. The highest BCUT2D eigenvalue weighted by atomic mass is 16.6. The van der Waals surface area contributed by atoms with E-state index in [0.717, 1.165) is 0 Å². The number of rotatable bonds is 2. The van der Waals surface area contributed by atoms with E-state index in [-0.39, 0.29) is 6.61 Å². The Labute approximate surface area is 108 Å². The monoisotopic (exact) mass is 257 g/mol. The zero-order chi connectivity index (χ0) is 14.1. The van der Waals surface area contributed by atoms with E-state index in [0.29, 0.717) is 0 Å². The Morgan fingerprint density at radius 2 is 2.17 bits per heavy atom. The topological polar surface area (TPSA) is 59.0 Å². The molecule has 0 aromatic heterocycles. The van der Waals surface area contributed by atoms with Crippen molar-refractivity contribution < 1.29 is 19.4 Å². The Kier molecular flexibility index (Phi) is 4.08. The number of aliphatic hydroxyl groups is 1. The number of hydrogen-bond donors (Lipinski definition) is 1. The van der Waals surface area contributed by atoms with Crippen molar-refractivity contribution in [1.29, 1.82) is 0 Å². The van der Waals surface area contributed by atoms with Crippen LogP contribution in [-0.2, 0) is 9.47 Å². The summed E-state index contributed by atoms with van der Waals surface area (Å²) in [6.45, 7) is 12.7. The molecule has 0 aromatic carbocycles. The smallest absolute Gasteiger partial charge is 0.413 e. The lowest BCUT2D eigenvalue weighted by Gasteiger charge is -2.35. The molecule has 5 nitrogen and oxygen atoms in total. The molecule has 2 atom stereocenters.